The third-order valence-corrected chi connectivity index (χ3v) is 4.51. The first-order valence-electron chi connectivity index (χ1n) is 7.25. The highest BCUT2D eigenvalue weighted by Crippen LogP contribution is 2.37. The highest BCUT2D eigenvalue weighted by Gasteiger charge is 2.17. The molecule has 6 heteroatoms. The predicted molar refractivity (Wildman–Crippen MR) is 95.8 cm³/mol. The molecule has 0 saturated carbocycles. The van der Waals surface area contributed by atoms with Crippen molar-refractivity contribution in [2.24, 2.45) is 0 Å². The van der Waals surface area contributed by atoms with Crippen molar-refractivity contribution in [1.82, 2.24) is 9.88 Å². The minimum atomic E-state index is -0.950. The Morgan fingerprint density at radius 2 is 2.09 bits per heavy atom. The van der Waals surface area contributed by atoms with Gasteiger partial charge >= 0.3 is 5.97 Å². The second-order valence-electron chi connectivity index (χ2n) is 5.51. The molecule has 0 fully saturated rings. The topological polar surface area (TPSA) is 65.5 Å². The summed E-state index contributed by atoms with van der Waals surface area (Å²) in [5, 5.41) is 12.8. The fourth-order valence-corrected chi connectivity index (χ4v) is 3.26. The molecule has 1 heterocycles. The Bertz CT molecular complexity index is 735. The Balaban J connectivity index is 2.60. The fourth-order valence-electron chi connectivity index (χ4n) is 2.36. The summed E-state index contributed by atoms with van der Waals surface area (Å²) in [4.78, 5) is 18.6. The number of anilines is 1. The number of carbonyl (C=O) groups is 1. The number of nitrogens with one attached hydrogen (secondary N) is 1. The summed E-state index contributed by atoms with van der Waals surface area (Å²) in [5.41, 5.74) is 3.72. The van der Waals surface area contributed by atoms with Crippen molar-refractivity contribution in [3.63, 3.8) is 0 Å². The lowest BCUT2D eigenvalue weighted by atomic mass is 10.0. The molecule has 0 amide bonds. The van der Waals surface area contributed by atoms with Crippen LogP contribution in [-0.2, 0) is 11.3 Å². The number of benzene rings is 1. The van der Waals surface area contributed by atoms with Gasteiger partial charge in [0.1, 0.15) is 0 Å². The fraction of sp³-hybridized carbons (Fsp3) is 0.294. The van der Waals surface area contributed by atoms with Crippen LogP contribution in [0.3, 0.4) is 0 Å². The van der Waals surface area contributed by atoms with Gasteiger partial charge in [-0.3, -0.25) is 0 Å². The molecule has 0 radical (unpaired) electrons. The largest absolute Gasteiger partial charge is 0.478 e. The smallest absolute Gasteiger partial charge is 0.328 e. The lowest BCUT2D eigenvalue weighted by Crippen LogP contribution is -2.11. The molecule has 2 N–H and O–H groups in total. The standard InChI is InChI=1S/C17H21N3O2S/c1-11(9-14(21)22)16-15(19-17(18-2)23-16)13-8-6-5-7-12(13)10-20(3)4/h5-9H,10H2,1-4H3,(H,18,19)(H,21,22)/b11-9+. The van der Waals surface area contributed by atoms with Crippen molar-refractivity contribution in [1.29, 1.82) is 0 Å². The second-order valence-corrected chi connectivity index (χ2v) is 6.51. The summed E-state index contributed by atoms with van der Waals surface area (Å²) < 4.78 is 0. The zero-order chi connectivity index (χ0) is 17.0. The summed E-state index contributed by atoms with van der Waals surface area (Å²) in [6, 6.07) is 8.10. The second kappa shape index (κ2) is 7.39. The maximum absolute atomic E-state index is 11.0. The minimum absolute atomic E-state index is 0.700. The van der Waals surface area contributed by atoms with Crippen LogP contribution >= 0.6 is 11.3 Å². The van der Waals surface area contributed by atoms with E-state index in [1.165, 1.54) is 17.4 Å². The molecule has 0 spiro atoms. The number of aromatic nitrogens is 1. The van der Waals surface area contributed by atoms with Crippen molar-refractivity contribution in [2.75, 3.05) is 26.5 Å². The molecule has 0 bridgehead atoms. The molecule has 0 aliphatic heterocycles. The van der Waals surface area contributed by atoms with Gasteiger partial charge in [-0.25, -0.2) is 9.78 Å². The summed E-state index contributed by atoms with van der Waals surface area (Å²) in [6.07, 6.45) is 1.23. The van der Waals surface area contributed by atoms with Gasteiger partial charge in [0.15, 0.2) is 5.13 Å². The first-order valence-corrected chi connectivity index (χ1v) is 8.07. The Morgan fingerprint density at radius 1 is 1.39 bits per heavy atom. The van der Waals surface area contributed by atoms with E-state index in [2.05, 4.69) is 21.3 Å². The number of rotatable bonds is 6. The molecule has 0 aliphatic rings. The van der Waals surface area contributed by atoms with Gasteiger partial charge in [-0.1, -0.05) is 35.6 Å². The molecule has 122 valence electrons. The van der Waals surface area contributed by atoms with E-state index in [1.54, 1.807) is 6.92 Å². The number of hydrogen-bond acceptors (Lipinski definition) is 5. The Labute approximate surface area is 140 Å². The molecule has 1 aromatic carbocycles. The molecule has 5 nitrogen and oxygen atoms in total. The lowest BCUT2D eigenvalue weighted by molar-refractivity contribution is -0.131. The molecule has 1 aromatic heterocycles. The highest BCUT2D eigenvalue weighted by molar-refractivity contribution is 7.17. The number of carboxylic acids is 1. The Morgan fingerprint density at radius 3 is 2.70 bits per heavy atom. The van der Waals surface area contributed by atoms with Crippen LogP contribution in [0.4, 0.5) is 5.13 Å². The van der Waals surface area contributed by atoms with Crippen LogP contribution in [0.1, 0.15) is 17.4 Å². The minimum Gasteiger partial charge on any atom is -0.478 e. The summed E-state index contributed by atoms with van der Waals surface area (Å²) in [6.45, 7) is 2.60. The summed E-state index contributed by atoms with van der Waals surface area (Å²) in [7, 11) is 5.86. The zero-order valence-electron chi connectivity index (χ0n) is 13.8. The van der Waals surface area contributed by atoms with E-state index in [0.717, 1.165) is 33.4 Å². The van der Waals surface area contributed by atoms with Gasteiger partial charge < -0.3 is 15.3 Å². The molecule has 0 unspecified atom stereocenters. The first kappa shape index (κ1) is 17.2. The molecule has 0 aliphatic carbocycles. The Hall–Kier alpha value is -2.18. The quantitative estimate of drug-likeness (QED) is 0.794. The molecule has 2 aromatic rings. The number of hydrogen-bond donors (Lipinski definition) is 2. The number of aliphatic carboxylic acids is 1. The summed E-state index contributed by atoms with van der Waals surface area (Å²) in [5.74, 6) is -0.950. The normalized spacial score (nSPS) is 11.8. The van der Waals surface area contributed by atoms with Gasteiger partial charge in [0, 0.05) is 25.2 Å². The van der Waals surface area contributed by atoms with Crippen LogP contribution in [0.15, 0.2) is 30.3 Å². The van der Waals surface area contributed by atoms with Gasteiger partial charge in [0.25, 0.3) is 0 Å². The van der Waals surface area contributed by atoms with E-state index >= 15 is 0 Å². The van der Waals surface area contributed by atoms with Gasteiger partial charge in [-0.15, -0.1) is 0 Å². The van der Waals surface area contributed by atoms with E-state index in [4.69, 9.17) is 5.11 Å². The zero-order valence-corrected chi connectivity index (χ0v) is 14.6. The highest BCUT2D eigenvalue weighted by atomic mass is 32.1. The van der Waals surface area contributed by atoms with Gasteiger partial charge in [0.2, 0.25) is 0 Å². The van der Waals surface area contributed by atoms with Gasteiger partial charge in [-0.2, -0.15) is 0 Å². The summed E-state index contributed by atoms with van der Waals surface area (Å²) >= 11 is 1.46. The van der Waals surface area contributed by atoms with Crippen LogP contribution in [0.25, 0.3) is 16.8 Å². The van der Waals surface area contributed by atoms with Gasteiger partial charge in [0.05, 0.1) is 10.6 Å². The third-order valence-electron chi connectivity index (χ3n) is 3.30. The van der Waals surface area contributed by atoms with E-state index in [9.17, 15) is 4.79 Å². The third kappa shape index (κ3) is 4.18. The first-order chi connectivity index (χ1) is 10.9. The molecule has 0 saturated heterocycles. The van der Waals surface area contributed by atoms with Crippen molar-refractivity contribution in [3.05, 3.63) is 40.8 Å². The SMILES string of the molecule is CNc1nc(-c2ccccc2CN(C)C)c(/C(C)=C/C(=O)O)s1. The van der Waals surface area contributed by atoms with Crippen molar-refractivity contribution in [3.8, 4) is 11.3 Å². The van der Waals surface area contributed by atoms with Crippen molar-refractivity contribution < 1.29 is 9.90 Å². The monoisotopic (exact) mass is 331 g/mol. The average molecular weight is 331 g/mol. The van der Waals surface area contributed by atoms with Crippen LogP contribution in [0, 0.1) is 0 Å². The molecular formula is C17H21N3O2S. The van der Waals surface area contributed by atoms with E-state index < -0.39 is 5.97 Å². The number of nitrogens with zero attached hydrogens (tertiary/aromatic N) is 2. The number of thiazole rings is 1. The van der Waals surface area contributed by atoms with E-state index in [0.29, 0.717) is 5.57 Å². The molecular weight excluding hydrogens is 310 g/mol. The van der Waals surface area contributed by atoms with Crippen molar-refractivity contribution in [2.45, 2.75) is 13.5 Å². The van der Waals surface area contributed by atoms with E-state index in [-0.39, 0.29) is 0 Å². The van der Waals surface area contributed by atoms with Crippen LogP contribution in [-0.4, -0.2) is 42.1 Å². The van der Waals surface area contributed by atoms with Crippen molar-refractivity contribution >= 4 is 28.0 Å². The van der Waals surface area contributed by atoms with Gasteiger partial charge in [-0.05, 0) is 32.2 Å². The Kier molecular flexibility index (Phi) is 5.52. The van der Waals surface area contributed by atoms with Crippen LogP contribution < -0.4 is 5.32 Å². The van der Waals surface area contributed by atoms with Crippen LogP contribution in [0.5, 0.6) is 0 Å². The van der Waals surface area contributed by atoms with Crippen LogP contribution in [0.2, 0.25) is 0 Å². The molecule has 23 heavy (non-hydrogen) atoms. The lowest BCUT2D eigenvalue weighted by Gasteiger charge is -2.14. The average Bonchev–Trinajstić information content (AvgIpc) is 2.90. The predicted octanol–water partition coefficient (Wildman–Crippen LogP) is 3.40. The number of carboxylic acid groups (broad SMARTS) is 1. The molecule has 0 atom stereocenters. The van der Waals surface area contributed by atoms with E-state index in [1.807, 2.05) is 39.3 Å². The maximum atomic E-state index is 11.0. The number of allylic oxidation sites excluding steroid dienone is 1. The maximum Gasteiger partial charge on any atom is 0.328 e. The molecule has 2 rings (SSSR count).